The Labute approximate surface area is 127 Å². The molecule has 0 aliphatic heterocycles. The van der Waals surface area contributed by atoms with Crippen LogP contribution in [-0.4, -0.2) is 15.5 Å². The van der Waals surface area contributed by atoms with Gasteiger partial charge >= 0.3 is 6.18 Å². The summed E-state index contributed by atoms with van der Waals surface area (Å²) >= 11 is 4.91. The Balaban J connectivity index is 2.36. The van der Waals surface area contributed by atoms with Crippen molar-refractivity contribution in [2.75, 3.05) is 5.32 Å². The molecule has 3 N–H and O–H groups in total. The molecule has 0 radical (unpaired) electrons. The molecule has 1 fully saturated rings. The largest absolute Gasteiger partial charge is 0.433 e. The Morgan fingerprint density at radius 2 is 1.90 bits per heavy atom. The molecule has 0 unspecified atom stereocenters. The maximum atomic E-state index is 12.8. The Morgan fingerprint density at radius 1 is 1.29 bits per heavy atom. The number of alkyl halides is 3. The predicted octanol–water partition coefficient (Wildman–Crippen LogP) is 3.87. The molecule has 1 aromatic rings. The molecule has 1 heterocycles. The van der Waals surface area contributed by atoms with Gasteiger partial charge in [-0.05, 0) is 31.9 Å². The number of pyridine rings is 1. The monoisotopic (exact) mass is 317 g/mol. The minimum atomic E-state index is -4.49. The van der Waals surface area contributed by atoms with E-state index in [0.29, 0.717) is 5.56 Å². The first-order valence-electron chi connectivity index (χ1n) is 6.87. The van der Waals surface area contributed by atoms with Gasteiger partial charge in [0.05, 0.1) is 5.56 Å². The molecular weight excluding hydrogens is 299 g/mol. The van der Waals surface area contributed by atoms with E-state index in [4.69, 9.17) is 18.0 Å². The van der Waals surface area contributed by atoms with Crippen LogP contribution in [0.2, 0.25) is 0 Å². The van der Waals surface area contributed by atoms with Crippen molar-refractivity contribution in [3.05, 3.63) is 23.4 Å². The van der Waals surface area contributed by atoms with Crippen LogP contribution in [0, 0.1) is 0 Å². The van der Waals surface area contributed by atoms with E-state index in [1.54, 1.807) is 0 Å². The lowest BCUT2D eigenvalue weighted by atomic mass is 9.83. The number of nitrogens with zero attached hydrogens (tertiary/aromatic N) is 1. The maximum Gasteiger partial charge on any atom is 0.433 e. The van der Waals surface area contributed by atoms with Crippen LogP contribution in [0.3, 0.4) is 0 Å². The molecule has 0 saturated heterocycles. The Hall–Kier alpha value is -1.37. The van der Waals surface area contributed by atoms with Crippen molar-refractivity contribution in [3.63, 3.8) is 0 Å². The highest BCUT2D eigenvalue weighted by Crippen LogP contribution is 2.34. The molecule has 0 spiro atoms. The predicted molar refractivity (Wildman–Crippen MR) is 80.2 cm³/mol. The molecular formula is C14H18F3N3S. The summed E-state index contributed by atoms with van der Waals surface area (Å²) in [7, 11) is 0. The van der Waals surface area contributed by atoms with Gasteiger partial charge in [0.15, 0.2) is 0 Å². The van der Waals surface area contributed by atoms with Gasteiger partial charge in [-0.2, -0.15) is 13.2 Å². The summed E-state index contributed by atoms with van der Waals surface area (Å²) in [5, 5.41) is 3.14. The van der Waals surface area contributed by atoms with Crippen LogP contribution in [-0.2, 0) is 6.18 Å². The van der Waals surface area contributed by atoms with Crippen LogP contribution in [0.1, 0.15) is 50.3 Å². The molecule has 0 atom stereocenters. The zero-order valence-electron chi connectivity index (χ0n) is 11.8. The van der Waals surface area contributed by atoms with Gasteiger partial charge in [0.2, 0.25) is 0 Å². The van der Waals surface area contributed by atoms with Gasteiger partial charge in [0.1, 0.15) is 16.5 Å². The van der Waals surface area contributed by atoms with Gasteiger partial charge in [0.25, 0.3) is 0 Å². The van der Waals surface area contributed by atoms with E-state index in [-0.39, 0.29) is 16.3 Å². The molecule has 0 amide bonds. The van der Waals surface area contributed by atoms with Crippen LogP contribution < -0.4 is 11.1 Å². The molecule has 116 valence electrons. The van der Waals surface area contributed by atoms with Crippen LogP contribution in [0.25, 0.3) is 0 Å². The topological polar surface area (TPSA) is 50.9 Å². The quantitative estimate of drug-likeness (QED) is 0.831. The average molecular weight is 317 g/mol. The number of hydrogen-bond donors (Lipinski definition) is 2. The standard InChI is InChI=1S/C14H18F3N3S/c1-13(7-3-2-4-8-13)20-12-9(11(18)21)5-6-10(19-12)14(15,16)17/h5-6H,2-4,7-8H2,1H3,(H2,18,21)(H,19,20). The van der Waals surface area contributed by atoms with Gasteiger partial charge < -0.3 is 11.1 Å². The normalized spacial score (nSPS) is 18.3. The van der Waals surface area contributed by atoms with E-state index < -0.39 is 11.9 Å². The van der Waals surface area contributed by atoms with Crippen molar-refractivity contribution in [3.8, 4) is 0 Å². The zero-order chi connectivity index (χ0) is 15.7. The molecule has 3 nitrogen and oxygen atoms in total. The SMILES string of the molecule is CC1(Nc2nc(C(F)(F)F)ccc2C(N)=S)CCCCC1. The fourth-order valence-electron chi connectivity index (χ4n) is 2.65. The second-order valence-corrected chi connectivity index (χ2v) is 6.14. The summed E-state index contributed by atoms with van der Waals surface area (Å²) in [6.07, 6.45) is 0.535. The van der Waals surface area contributed by atoms with Crippen LogP contribution in [0.5, 0.6) is 0 Å². The van der Waals surface area contributed by atoms with Gasteiger partial charge in [-0.15, -0.1) is 0 Å². The molecule has 0 aromatic carbocycles. The molecule has 7 heteroatoms. The number of hydrogen-bond acceptors (Lipinski definition) is 3. The summed E-state index contributed by atoms with van der Waals surface area (Å²) in [6.45, 7) is 2.00. The fraction of sp³-hybridized carbons (Fsp3) is 0.571. The van der Waals surface area contributed by atoms with E-state index in [0.717, 1.165) is 38.2 Å². The van der Waals surface area contributed by atoms with Crippen molar-refractivity contribution in [2.24, 2.45) is 5.73 Å². The Morgan fingerprint density at radius 3 is 2.43 bits per heavy atom. The second-order valence-electron chi connectivity index (χ2n) is 5.70. The molecule has 1 aliphatic rings. The zero-order valence-corrected chi connectivity index (χ0v) is 12.6. The fourth-order valence-corrected chi connectivity index (χ4v) is 2.82. The van der Waals surface area contributed by atoms with E-state index >= 15 is 0 Å². The molecule has 2 rings (SSSR count). The van der Waals surface area contributed by atoms with Crippen LogP contribution in [0.15, 0.2) is 12.1 Å². The number of nitrogens with one attached hydrogen (secondary N) is 1. The van der Waals surface area contributed by atoms with Crippen molar-refractivity contribution < 1.29 is 13.2 Å². The number of halogens is 3. The van der Waals surface area contributed by atoms with E-state index in [1.807, 2.05) is 6.92 Å². The third-order valence-electron chi connectivity index (χ3n) is 3.83. The van der Waals surface area contributed by atoms with Gasteiger partial charge in [-0.1, -0.05) is 31.5 Å². The highest BCUT2D eigenvalue weighted by atomic mass is 32.1. The molecule has 1 aromatic heterocycles. The lowest BCUT2D eigenvalue weighted by molar-refractivity contribution is -0.141. The third-order valence-corrected chi connectivity index (χ3v) is 4.05. The maximum absolute atomic E-state index is 12.8. The number of aromatic nitrogens is 1. The second kappa shape index (κ2) is 5.79. The Bertz CT molecular complexity index is 537. The van der Waals surface area contributed by atoms with Gasteiger partial charge in [-0.3, -0.25) is 0 Å². The third kappa shape index (κ3) is 3.84. The molecule has 21 heavy (non-hydrogen) atoms. The Kier molecular flexibility index (Phi) is 4.41. The summed E-state index contributed by atoms with van der Waals surface area (Å²) in [4.78, 5) is 3.74. The lowest BCUT2D eigenvalue weighted by Crippen LogP contribution is -2.38. The number of thiocarbonyl (C=S) groups is 1. The lowest BCUT2D eigenvalue weighted by Gasteiger charge is -2.35. The highest BCUT2D eigenvalue weighted by Gasteiger charge is 2.34. The van der Waals surface area contributed by atoms with E-state index in [9.17, 15) is 13.2 Å². The van der Waals surface area contributed by atoms with Crippen molar-refractivity contribution in [1.29, 1.82) is 0 Å². The summed E-state index contributed by atoms with van der Waals surface area (Å²) in [5.41, 5.74) is 4.73. The van der Waals surface area contributed by atoms with Crippen molar-refractivity contribution >= 4 is 23.0 Å². The van der Waals surface area contributed by atoms with Gasteiger partial charge in [-0.25, -0.2) is 4.98 Å². The first-order chi connectivity index (χ1) is 9.71. The van der Waals surface area contributed by atoms with E-state index in [2.05, 4.69) is 10.3 Å². The summed E-state index contributed by atoms with van der Waals surface area (Å²) in [5.74, 6) is 0.127. The molecule has 0 bridgehead atoms. The van der Waals surface area contributed by atoms with Crippen molar-refractivity contribution in [2.45, 2.75) is 50.7 Å². The first kappa shape index (κ1) is 16.0. The van der Waals surface area contributed by atoms with Gasteiger partial charge in [0, 0.05) is 5.54 Å². The van der Waals surface area contributed by atoms with Crippen LogP contribution in [0.4, 0.5) is 19.0 Å². The number of anilines is 1. The first-order valence-corrected chi connectivity index (χ1v) is 7.28. The summed E-state index contributed by atoms with van der Waals surface area (Å²) in [6, 6.07) is 2.19. The molecule has 1 saturated carbocycles. The number of nitrogens with two attached hydrogens (primary N) is 1. The van der Waals surface area contributed by atoms with E-state index in [1.165, 1.54) is 6.07 Å². The smallest absolute Gasteiger partial charge is 0.389 e. The minimum absolute atomic E-state index is 0.0399. The number of rotatable bonds is 3. The average Bonchev–Trinajstić information content (AvgIpc) is 2.37. The summed E-state index contributed by atoms with van der Waals surface area (Å²) < 4.78 is 38.5. The molecule has 1 aliphatic carbocycles. The van der Waals surface area contributed by atoms with Crippen molar-refractivity contribution in [1.82, 2.24) is 4.98 Å². The minimum Gasteiger partial charge on any atom is -0.389 e. The van der Waals surface area contributed by atoms with Crippen LogP contribution >= 0.6 is 12.2 Å². The highest BCUT2D eigenvalue weighted by molar-refractivity contribution is 7.80.